The van der Waals surface area contributed by atoms with E-state index in [0.717, 1.165) is 11.1 Å². The van der Waals surface area contributed by atoms with Crippen LogP contribution in [0.5, 0.6) is 0 Å². The lowest BCUT2D eigenvalue weighted by molar-refractivity contribution is -0.118. The van der Waals surface area contributed by atoms with E-state index in [1.807, 2.05) is 35.7 Å². The Morgan fingerprint density at radius 1 is 1.14 bits per heavy atom. The Bertz CT molecular complexity index is 1250. The largest absolute Gasteiger partial charge is 0.324 e. The van der Waals surface area contributed by atoms with Crippen LogP contribution in [-0.4, -0.2) is 15.5 Å². The Balaban J connectivity index is 1.71. The Labute approximate surface area is 180 Å². The van der Waals surface area contributed by atoms with Crippen LogP contribution in [0.25, 0.3) is 21.3 Å². The first-order valence-electron chi connectivity index (χ1n) is 8.75. The zero-order valence-electron chi connectivity index (χ0n) is 15.2. The summed E-state index contributed by atoms with van der Waals surface area (Å²) in [5, 5.41) is 5.98. The summed E-state index contributed by atoms with van der Waals surface area (Å²) in [7, 11) is 0. The van der Waals surface area contributed by atoms with Crippen molar-refractivity contribution >= 4 is 56.3 Å². The number of fused-ring (bicyclic) bond motifs is 1. The predicted molar refractivity (Wildman–Crippen MR) is 119 cm³/mol. The van der Waals surface area contributed by atoms with E-state index in [0.29, 0.717) is 25.9 Å². The molecule has 2 aromatic carbocycles. The normalized spacial score (nSPS) is 12.1. The average molecular weight is 444 g/mol. The van der Waals surface area contributed by atoms with Crippen LogP contribution >= 0.6 is 34.5 Å². The van der Waals surface area contributed by atoms with E-state index in [4.69, 9.17) is 23.2 Å². The third kappa shape index (κ3) is 3.92. The van der Waals surface area contributed by atoms with Gasteiger partial charge in [-0.15, -0.1) is 11.3 Å². The van der Waals surface area contributed by atoms with E-state index in [9.17, 15) is 9.59 Å². The van der Waals surface area contributed by atoms with Crippen LogP contribution in [0.3, 0.4) is 0 Å². The minimum absolute atomic E-state index is 0.262. The molecule has 2 aromatic heterocycles. The molecule has 0 aliphatic heterocycles. The summed E-state index contributed by atoms with van der Waals surface area (Å²) < 4.78 is 1.34. The van der Waals surface area contributed by atoms with Crippen LogP contribution in [-0.2, 0) is 4.79 Å². The summed E-state index contributed by atoms with van der Waals surface area (Å²) in [6, 6.07) is 13.6. The van der Waals surface area contributed by atoms with Crippen molar-refractivity contribution < 1.29 is 4.79 Å². The molecular formula is C21H15Cl2N3O2S. The number of carbonyl (C=O) groups excluding carboxylic acids is 1. The molecule has 0 spiro atoms. The molecule has 1 atom stereocenters. The zero-order valence-corrected chi connectivity index (χ0v) is 17.6. The maximum absolute atomic E-state index is 13.2. The summed E-state index contributed by atoms with van der Waals surface area (Å²) >= 11 is 13.4. The summed E-state index contributed by atoms with van der Waals surface area (Å²) in [5.74, 6) is -0.372. The molecule has 0 radical (unpaired) electrons. The van der Waals surface area contributed by atoms with E-state index in [2.05, 4.69) is 10.3 Å². The first kappa shape index (κ1) is 19.6. The van der Waals surface area contributed by atoms with Crippen molar-refractivity contribution in [1.29, 1.82) is 0 Å². The first-order valence-corrected chi connectivity index (χ1v) is 10.4. The van der Waals surface area contributed by atoms with Gasteiger partial charge in [0, 0.05) is 26.7 Å². The maximum atomic E-state index is 13.2. The van der Waals surface area contributed by atoms with Gasteiger partial charge in [0.25, 0.3) is 5.56 Å². The van der Waals surface area contributed by atoms with E-state index >= 15 is 0 Å². The number of hydrogen-bond donors (Lipinski definition) is 1. The number of benzene rings is 2. The van der Waals surface area contributed by atoms with Gasteiger partial charge in [-0.05, 0) is 30.7 Å². The molecular weight excluding hydrogens is 429 g/mol. The van der Waals surface area contributed by atoms with Crippen molar-refractivity contribution in [1.82, 2.24) is 9.55 Å². The molecule has 5 nitrogen and oxygen atoms in total. The molecule has 0 bridgehead atoms. The third-order valence-corrected chi connectivity index (χ3v) is 5.85. The summed E-state index contributed by atoms with van der Waals surface area (Å²) in [4.78, 5) is 31.0. The number of thiophene rings is 1. The van der Waals surface area contributed by atoms with E-state index < -0.39 is 6.04 Å². The quantitative estimate of drug-likeness (QED) is 0.444. The number of rotatable bonds is 4. The van der Waals surface area contributed by atoms with Crippen molar-refractivity contribution in [3.63, 3.8) is 0 Å². The second-order valence-electron chi connectivity index (χ2n) is 6.48. The minimum atomic E-state index is -0.777. The molecule has 4 rings (SSSR count). The van der Waals surface area contributed by atoms with Crippen molar-refractivity contribution in [2.24, 2.45) is 0 Å². The topological polar surface area (TPSA) is 64.0 Å². The number of nitrogens with zero attached hydrogens (tertiary/aromatic N) is 2. The molecule has 1 N–H and O–H groups in total. The molecule has 1 unspecified atom stereocenters. The summed E-state index contributed by atoms with van der Waals surface area (Å²) in [6.07, 6.45) is 1.41. The SMILES string of the molecule is CC(C(=O)Nc1cc(Cl)cc(Cl)c1)n1cnc2scc(-c3ccccc3)c2c1=O. The molecule has 0 aliphatic carbocycles. The number of amides is 1. The fourth-order valence-electron chi connectivity index (χ4n) is 3.05. The van der Waals surface area contributed by atoms with Gasteiger partial charge in [-0.25, -0.2) is 4.98 Å². The highest BCUT2D eigenvalue weighted by Gasteiger charge is 2.20. The maximum Gasteiger partial charge on any atom is 0.263 e. The molecule has 0 aliphatic rings. The first-order chi connectivity index (χ1) is 13.9. The van der Waals surface area contributed by atoms with Gasteiger partial charge in [0.1, 0.15) is 10.9 Å². The number of anilines is 1. The Morgan fingerprint density at radius 3 is 2.52 bits per heavy atom. The van der Waals surface area contributed by atoms with Gasteiger partial charge in [-0.2, -0.15) is 0 Å². The molecule has 8 heteroatoms. The van der Waals surface area contributed by atoms with Crippen molar-refractivity contribution in [2.75, 3.05) is 5.32 Å². The highest BCUT2D eigenvalue weighted by molar-refractivity contribution is 7.17. The lowest BCUT2D eigenvalue weighted by atomic mass is 10.1. The predicted octanol–water partition coefficient (Wildman–Crippen LogP) is 5.63. The highest BCUT2D eigenvalue weighted by atomic mass is 35.5. The monoisotopic (exact) mass is 443 g/mol. The molecule has 0 fully saturated rings. The zero-order chi connectivity index (χ0) is 20.5. The Morgan fingerprint density at radius 2 is 1.83 bits per heavy atom. The lowest BCUT2D eigenvalue weighted by Gasteiger charge is -2.15. The molecule has 0 saturated carbocycles. The van der Waals surface area contributed by atoms with Gasteiger partial charge >= 0.3 is 0 Å². The lowest BCUT2D eigenvalue weighted by Crippen LogP contribution is -2.31. The van der Waals surface area contributed by atoms with Crippen LogP contribution in [0, 0.1) is 0 Å². The minimum Gasteiger partial charge on any atom is -0.324 e. The number of aromatic nitrogens is 2. The standard InChI is InChI=1S/C21H15Cl2N3O2S/c1-12(19(27)25-16-8-14(22)7-15(23)9-16)26-11-24-20-18(21(26)28)17(10-29-20)13-5-3-2-4-6-13/h2-12H,1H3,(H,25,27). The van der Waals surface area contributed by atoms with Gasteiger partial charge in [-0.3, -0.25) is 14.2 Å². The highest BCUT2D eigenvalue weighted by Crippen LogP contribution is 2.30. The number of halogens is 2. The van der Waals surface area contributed by atoms with E-state index in [-0.39, 0.29) is 11.5 Å². The molecule has 0 saturated heterocycles. The molecule has 29 heavy (non-hydrogen) atoms. The molecule has 4 aromatic rings. The van der Waals surface area contributed by atoms with Gasteiger partial charge < -0.3 is 5.32 Å². The van der Waals surface area contributed by atoms with Crippen LogP contribution in [0.15, 0.2) is 65.0 Å². The summed E-state index contributed by atoms with van der Waals surface area (Å²) in [5.41, 5.74) is 1.94. The molecule has 2 heterocycles. The second-order valence-corrected chi connectivity index (χ2v) is 8.21. The Kier molecular flexibility index (Phi) is 5.41. The van der Waals surface area contributed by atoms with Gasteiger partial charge in [-0.1, -0.05) is 53.5 Å². The van der Waals surface area contributed by atoms with Crippen LogP contribution in [0.4, 0.5) is 5.69 Å². The molecule has 146 valence electrons. The number of hydrogen-bond acceptors (Lipinski definition) is 4. The van der Waals surface area contributed by atoms with E-state index in [1.165, 1.54) is 22.2 Å². The molecule has 1 amide bonds. The number of carbonyl (C=O) groups is 1. The van der Waals surface area contributed by atoms with Crippen molar-refractivity contribution in [3.8, 4) is 11.1 Å². The van der Waals surface area contributed by atoms with Crippen molar-refractivity contribution in [2.45, 2.75) is 13.0 Å². The Hall–Kier alpha value is -2.67. The van der Waals surface area contributed by atoms with Gasteiger partial charge in [0.2, 0.25) is 5.91 Å². The third-order valence-electron chi connectivity index (χ3n) is 4.53. The number of nitrogens with one attached hydrogen (secondary N) is 1. The van der Waals surface area contributed by atoms with Crippen LogP contribution in [0.1, 0.15) is 13.0 Å². The van der Waals surface area contributed by atoms with Gasteiger partial charge in [0.05, 0.1) is 11.7 Å². The average Bonchev–Trinajstić information content (AvgIpc) is 3.13. The van der Waals surface area contributed by atoms with E-state index in [1.54, 1.807) is 25.1 Å². The smallest absolute Gasteiger partial charge is 0.263 e. The van der Waals surface area contributed by atoms with Gasteiger partial charge in [0.15, 0.2) is 0 Å². The second kappa shape index (κ2) is 7.99. The van der Waals surface area contributed by atoms with Crippen LogP contribution in [0.2, 0.25) is 10.0 Å². The fraction of sp³-hybridized carbons (Fsp3) is 0.0952. The summed E-state index contributed by atoms with van der Waals surface area (Å²) in [6.45, 7) is 1.64. The fourth-order valence-corrected chi connectivity index (χ4v) is 4.48. The van der Waals surface area contributed by atoms with Crippen LogP contribution < -0.4 is 10.9 Å². The van der Waals surface area contributed by atoms with Crippen molar-refractivity contribution in [3.05, 3.63) is 80.6 Å².